The molecule has 62 heavy (non-hydrogen) atoms. The number of nitrogens with zero attached hydrogens (tertiary/aromatic N) is 6. The molecule has 3 saturated heterocycles. The van der Waals surface area contributed by atoms with E-state index >= 15 is 8.78 Å². The van der Waals surface area contributed by atoms with Gasteiger partial charge in [-0.2, -0.15) is 15.2 Å². The van der Waals surface area contributed by atoms with E-state index in [1.807, 2.05) is 25.7 Å². The monoisotopic (exact) mass is 897 g/mol. The molecule has 15 nitrogen and oxygen atoms in total. The van der Waals surface area contributed by atoms with Gasteiger partial charge in [0.1, 0.15) is 46.0 Å². The van der Waals surface area contributed by atoms with Crippen LogP contribution in [0.3, 0.4) is 0 Å². The van der Waals surface area contributed by atoms with Gasteiger partial charge in [0, 0.05) is 55.2 Å². The number of anilines is 2. The first kappa shape index (κ1) is 44.9. The lowest BCUT2D eigenvalue weighted by Gasteiger charge is -2.42. The Labute approximate surface area is 366 Å². The molecule has 0 aliphatic carbocycles. The number of hydrogen-bond donors (Lipinski definition) is 2. The maximum atomic E-state index is 17.5. The van der Waals surface area contributed by atoms with E-state index in [1.54, 1.807) is 31.7 Å². The number of piperazine rings is 1. The van der Waals surface area contributed by atoms with Gasteiger partial charge in [-0.15, -0.1) is 11.3 Å². The maximum Gasteiger partial charge on any atom is 0.412 e. The Morgan fingerprint density at radius 3 is 2.37 bits per heavy atom. The fourth-order valence-electron chi connectivity index (χ4n) is 8.15. The Bertz CT molecular complexity index is 2420. The van der Waals surface area contributed by atoms with Gasteiger partial charge in [-0.25, -0.2) is 18.4 Å². The van der Waals surface area contributed by atoms with Crippen LogP contribution in [0.15, 0.2) is 18.2 Å². The van der Waals surface area contributed by atoms with Gasteiger partial charge in [0.15, 0.2) is 5.82 Å². The molecular formula is C43H50ClF2N7O8S. The van der Waals surface area contributed by atoms with Crippen molar-refractivity contribution in [3.63, 3.8) is 0 Å². The third-order valence-electron chi connectivity index (χ3n) is 10.9. The second-order valence-electron chi connectivity index (χ2n) is 17.7. The number of thiophene rings is 1. The van der Waals surface area contributed by atoms with Crippen molar-refractivity contribution in [2.24, 2.45) is 0 Å². The van der Waals surface area contributed by atoms with Crippen molar-refractivity contribution < 1.29 is 47.2 Å². The summed E-state index contributed by atoms with van der Waals surface area (Å²) in [6.45, 7) is 13.6. The molecule has 332 valence electrons. The summed E-state index contributed by atoms with van der Waals surface area (Å²) in [7, 11) is 0. The minimum atomic E-state index is -0.912. The van der Waals surface area contributed by atoms with Crippen molar-refractivity contribution in [1.82, 2.24) is 19.8 Å². The number of aliphatic carboxylic acids is 1. The molecule has 3 aliphatic heterocycles. The minimum Gasteiger partial charge on any atom is -0.481 e. The molecule has 4 aromatic rings. The maximum absolute atomic E-state index is 17.5. The number of rotatable bonds is 13. The lowest BCUT2D eigenvalue weighted by molar-refractivity contribution is -0.138. The Morgan fingerprint density at radius 2 is 1.74 bits per heavy atom. The van der Waals surface area contributed by atoms with Crippen LogP contribution < -0.4 is 15.0 Å². The van der Waals surface area contributed by atoms with Gasteiger partial charge in [-0.1, -0.05) is 17.7 Å². The number of carboxylic acids is 1. The Balaban J connectivity index is 1.25. The molecular weight excluding hydrogens is 848 g/mol. The fourth-order valence-corrected chi connectivity index (χ4v) is 9.51. The van der Waals surface area contributed by atoms with E-state index in [2.05, 4.69) is 21.3 Å². The summed E-state index contributed by atoms with van der Waals surface area (Å²) in [5.41, 5.74) is -1.76. The van der Waals surface area contributed by atoms with Crippen molar-refractivity contribution in [2.45, 2.75) is 103 Å². The Kier molecular flexibility index (Phi) is 13.0. The highest BCUT2D eigenvalue weighted by atomic mass is 35.5. The number of carboxylic acid groups (broad SMARTS) is 1. The number of hydrogen-bond acceptors (Lipinski definition) is 13. The van der Waals surface area contributed by atoms with Gasteiger partial charge >= 0.3 is 24.2 Å². The molecule has 2 N–H and O–H groups in total. The highest BCUT2D eigenvalue weighted by molar-refractivity contribution is 7.23. The Hall–Kier alpha value is -5.09. The first-order chi connectivity index (χ1) is 29.3. The smallest absolute Gasteiger partial charge is 0.412 e. The van der Waals surface area contributed by atoms with E-state index in [0.29, 0.717) is 43.9 Å². The van der Waals surface area contributed by atoms with Crippen LogP contribution in [0.25, 0.3) is 32.1 Å². The van der Waals surface area contributed by atoms with Crippen LogP contribution in [-0.4, -0.2) is 118 Å². The van der Waals surface area contributed by atoms with E-state index in [1.165, 1.54) is 6.07 Å². The predicted octanol–water partition coefficient (Wildman–Crippen LogP) is 8.58. The number of likely N-dealkylation sites (tertiary alicyclic amines) is 1. The SMILES string of the molecule is CC(C)(C)OC(=O)Nc1sc2c(F)ccc(-c3c(Cl)cc4c(N5CC6CCC(C5)N6C(=O)OC(C)(C)C)nc(OC[C@@H]5CCN5CCCOCCC(=O)O)nc4c3F)c2c1C#N. The molecule has 19 heteroatoms. The lowest BCUT2D eigenvalue weighted by Crippen LogP contribution is -2.57. The van der Waals surface area contributed by atoms with Crippen LogP contribution in [0.1, 0.15) is 79.2 Å². The summed E-state index contributed by atoms with van der Waals surface area (Å²) in [5, 5.41) is 22.1. The predicted molar refractivity (Wildman–Crippen MR) is 230 cm³/mol. The minimum absolute atomic E-state index is 0.00304. The van der Waals surface area contributed by atoms with Crippen molar-refractivity contribution >= 4 is 72.9 Å². The first-order valence-electron chi connectivity index (χ1n) is 20.6. The summed E-state index contributed by atoms with van der Waals surface area (Å²) in [6.07, 6.45) is 1.73. The molecule has 0 spiro atoms. The average Bonchev–Trinajstić information content (AvgIpc) is 3.66. The molecule has 3 atom stereocenters. The molecule has 2 amide bonds. The lowest BCUT2D eigenvalue weighted by atomic mass is 9.97. The van der Waals surface area contributed by atoms with E-state index < -0.39 is 41.0 Å². The molecule has 3 fully saturated rings. The third-order valence-corrected chi connectivity index (χ3v) is 12.3. The van der Waals surface area contributed by atoms with E-state index in [0.717, 1.165) is 43.2 Å². The van der Waals surface area contributed by atoms with Crippen molar-refractivity contribution in [3.8, 4) is 23.2 Å². The van der Waals surface area contributed by atoms with Crippen LogP contribution in [0.4, 0.5) is 29.2 Å². The quantitative estimate of drug-likeness (QED) is 0.122. The summed E-state index contributed by atoms with van der Waals surface area (Å²) in [5.74, 6) is -2.08. The van der Waals surface area contributed by atoms with Crippen LogP contribution in [0.5, 0.6) is 6.01 Å². The van der Waals surface area contributed by atoms with Gasteiger partial charge in [0.2, 0.25) is 0 Å². The van der Waals surface area contributed by atoms with Crippen LogP contribution in [0, 0.1) is 23.0 Å². The van der Waals surface area contributed by atoms with E-state index in [-0.39, 0.29) is 86.1 Å². The number of halogens is 3. The summed E-state index contributed by atoms with van der Waals surface area (Å²) in [6, 6.07) is 5.64. The third kappa shape index (κ3) is 9.75. The van der Waals surface area contributed by atoms with Gasteiger partial charge in [0.25, 0.3) is 0 Å². The van der Waals surface area contributed by atoms with Crippen LogP contribution in [-0.2, 0) is 19.0 Å². The zero-order chi connectivity index (χ0) is 44.7. The van der Waals surface area contributed by atoms with Gasteiger partial charge in [0.05, 0.1) is 40.4 Å². The highest BCUT2D eigenvalue weighted by Crippen LogP contribution is 2.47. The van der Waals surface area contributed by atoms with Crippen LogP contribution >= 0.6 is 22.9 Å². The van der Waals surface area contributed by atoms with E-state index in [4.69, 9.17) is 40.6 Å². The first-order valence-corrected chi connectivity index (χ1v) is 21.8. The number of nitrogens with one attached hydrogen (secondary N) is 1. The normalized spacial score (nSPS) is 19.1. The molecule has 3 aliphatic rings. The second kappa shape index (κ2) is 17.9. The molecule has 2 unspecified atom stereocenters. The molecule has 0 radical (unpaired) electrons. The molecule has 0 saturated carbocycles. The number of benzene rings is 2. The number of carbonyl (C=O) groups excluding carboxylic acids is 2. The number of carbonyl (C=O) groups is 3. The zero-order valence-corrected chi connectivity index (χ0v) is 37.1. The number of nitriles is 1. The van der Waals surface area contributed by atoms with Crippen molar-refractivity contribution in [1.29, 1.82) is 5.26 Å². The largest absolute Gasteiger partial charge is 0.481 e. The zero-order valence-electron chi connectivity index (χ0n) is 35.5. The van der Waals surface area contributed by atoms with Gasteiger partial charge in [-0.3, -0.25) is 19.9 Å². The number of fused-ring (bicyclic) bond motifs is 4. The van der Waals surface area contributed by atoms with Crippen LogP contribution in [0.2, 0.25) is 5.02 Å². The molecule has 2 aromatic carbocycles. The molecule has 7 rings (SSSR count). The van der Waals surface area contributed by atoms with E-state index in [9.17, 15) is 19.6 Å². The Morgan fingerprint density at radius 1 is 1.03 bits per heavy atom. The van der Waals surface area contributed by atoms with Crippen molar-refractivity contribution in [3.05, 3.63) is 40.4 Å². The van der Waals surface area contributed by atoms with Gasteiger partial charge in [-0.05, 0) is 84.9 Å². The topological polar surface area (TPSA) is 180 Å². The number of ether oxygens (including phenoxy) is 4. The summed E-state index contributed by atoms with van der Waals surface area (Å²) in [4.78, 5) is 52.3. The molecule has 5 heterocycles. The van der Waals surface area contributed by atoms with Gasteiger partial charge < -0.3 is 29.0 Å². The fraction of sp³-hybridized carbons (Fsp3) is 0.535. The standard InChI is InChI=1S/C43H50ClF2N7O8S/c1-42(2,3)60-40(56)50-38-28(19-47)32-26(10-11-30(45)36(32)62-38)33-29(44)18-27-35(34(33)46)48-39(59-22-25-12-15-51(25)14-7-16-58-17-13-31(54)55)49-37(27)52-20-23-8-9-24(21-52)53(23)41(57)61-43(4,5)6/h10-11,18,23-25H,7-9,12-17,20-22H2,1-6H3,(H,50,56)(H,54,55)/t23?,24?,25-/m0/s1. The highest BCUT2D eigenvalue weighted by Gasteiger charge is 2.45. The second-order valence-corrected chi connectivity index (χ2v) is 19.1. The molecule has 2 aromatic heterocycles. The summed E-state index contributed by atoms with van der Waals surface area (Å²) < 4.78 is 55.8. The number of amides is 2. The molecule has 2 bridgehead atoms. The summed E-state index contributed by atoms with van der Waals surface area (Å²) >= 11 is 7.82. The average molecular weight is 898 g/mol. The van der Waals surface area contributed by atoms with Crippen molar-refractivity contribution in [2.75, 3.05) is 56.2 Å². The number of aromatic nitrogens is 2.